The van der Waals surface area contributed by atoms with Gasteiger partial charge in [0.25, 0.3) is 10.0 Å². The standard InChI is InChI=1S/C28H21Cl2NO2S/c29-22-10-13-25(14-11-22)34(32,33)31-24-6-3-4-19(16-24)17-28-26-7-2-1-5-20(26)8-9-21-18-23(30)12-15-27(21)28/h1-7,10-18,31H,8-9H2/b28-17-. The zero-order valence-electron chi connectivity index (χ0n) is 18.1. The summed E-state index contributed by atoms with van der Waals surface area (Å²) < 4.78 is 28.3. The monoisotopic (exact) mass is 505 g/mol. The van der Waals surface area contributed by atoms with E-state index in [1.807, 2.05) is 36.4 Å². The van der Waals surface area contributed by atoms with Crippen molar-refractivity contribution in [1.29, 1.82) is 0 Å². The predicted octanol–water partition coefficient (Wildman–Crippen LogP) is 7.48. The lowest BCUT2D eigenvalue weighted by Crippen LogP contribution is -2.12. The van der Waals surface area contributed by atoms with Gasteiger partial charge in [0.05, 0.1) is 4.90 Å². The van der Waals surface area contributed by atoms with Gasteiger partial charge in [-0.15, -0.1) is 0 Å². The SMILES string of the molecule is O=S(=O)(Nc1cccc(/C=C2/c3ccccc3CCc3cc(Cl)ccc32)c1)c1ccc(Cl)cc1. The van der Waals surface area contributed by atoms with Crippen LogP contribution in [0.4, 0.5) is 5.69 Å². The van der Waals surface area contributed by atoms with Crippen LogP contribution in [0.15, 0.2) is 95.9 Å². The molecule has 0 aliphatic heterocycles. The number of halogens is 2. The number of hydrogen-bond donors (Lipinski definition) is 1. The Balaban J connectivity index is 1.56. The van der Waals surface area contributed by atoms with Gasteiger partial charge in [-0.05, 0) is 101 Å². The molecule has 0 saturated heterocycles. The zero-order valence-corrected chi connectivity index (χ0v) is 20.5. The van der Waals surface area contributed by atoms with Crippen LogP contribution in [-0.4, -0.2) is 8.42 Å². The molecule has 1 N–H and O–H groups in total. The van der Waals surface area contributed by atoms with Crippen molar-refractivity contribution in [2.24, 2.45) is 0 Å². The first-order valence-electron chi connectivity index (χ1n) is 10.9. The number of hydrogen-bond acceptors (Lipinski definition) is 2. The first-order chi connectivity index (χ1) is 16.4. The number of sulfonamides is 1. The fraction of sp³-hybridized carbons (Fsp3) is 0.0714. The molecule has 0 heterocycles. The Morgan fingerprint density at radius 3 is 2.24 bits per heavy atom. The number of fused-ring (bicyclic) bond motifs is 2. The highest BCUT2D eigenvalue weighted by Gasteiger charge is 2.19. The van der Waals surface area contributed by atoms with Gasteiger partial charge in [0.2, 0.25) is 0 Å². The van der Waals surface area contributed by atoms with Crippen LogP contribution in [-0.2, 0) is 22.9 Å². The van der Waals surface area contributed by atoms with E-state index in [4.69, 9.17) is 23.2 Å². The Hall–Kier alpha value is -3.05. The summed E-state index contributed by atoms with van der Waals surface area (Å²) in [6, 6.07) is 27.9. The van der Waals surface area contributed by atoms with Crippen LogP contribution in [0.3, 0.4) is 0 Å². The van der Waals surface area contributed by atoms with Crippen LogP contribution in [0.25, 0.3) is 11.6 Å². The number of nitrogens with one attached hydrogen (secondary N) is 1. The van der Waals surface area contributed by atoms with Crippen LogP contribution < -0.4 is 4.72 Å². The highest BCUT2D eigenvalue weighted by atomic mass is 35.5. The van der Waals surface area contributed by atoms with Gasteiger partial charge in [0.1, 0.15) is 0 Å². The van der Waals surface area contributed by atoms with Crippen molar-refractivity contribution < 1.29 is 8.42 Å². The van der Waals surface area contributed by atoms with Crippen molar-refractivity contribution in [2.45, 2.75) is 17.7 Å². The van der Waals surface area contributed by atoms with Crippen molar-refractivity contribution in [2.75, 3.05) is 4.72 Å². The molecule has 3 nitrogen and oxygen atoms in total. The van der Waals surface area contributed by atoms with Gasteiger partial charge >= 0.3 is 0 Å². The van der Waals surface area contributed by atoms with Gasteiger partial charge in [-0.3, -0.25) is 4.72 Å². The molecule has 0 fully saturated rings. The molecule has 34 heavy (non-hydrogen) atoms. The maximum atomic E-state index is 12.8. The molecule has 0 amide bonds. The molecule has 1 aliphatic carbocycles. The second-order valence-corrected chi connectivity index (χ2v) is 10.8. The molecule has 0 spiro atoms. The average molecular weight is 506 g/mol. The largest absolute Gasteiger partial charge is 0.280 e. The normalized spacial score (nSPS) is 14.2. The number of aryl methyl sites for hydroxylation is 2. The van der Waals surface area contributed by atoms with E-state index in [2.05, 4.69) is 35.1 Å². The maximum absolute atomic E-state index is 12.8. The first kappa shape index (κ1) is 22.7. The summed E-state index contributed by atoms with van der Waals surface area (Å²) in [7, 11) is -3.73. The molecular weight excluding hydrogens is 485 g/mol. The van der Waals surface area contributed by atoms with Gasteiger partial charge in [-0.1, -0.05) is 65.7 Å². The van der Waals surface area contributed by atoms with Crippen LogP contribution in [0.2, 0.25) is 10.0 Å². The smallest absolute Gasteiger partial charge is 0.261 e. The molecular formula is C28H21Cl2NO2S. The molecule has 0 aromatic heterocycles. The second-order valence-electron chi connectivity index (χ2n) is 8.20. The summed E-state index contributed by atoms with van der Waals surface area (Å²) in [6.45, 7) is 0. The summed E-state index contributed by atoms with van der Waals surface area (Å²) >= 11 is 12.2. The zero-order chi connectivity index (χ0) is 23.7. The van der Waals surface area contributed by atoms with Gasteiger partial charge < -0.3 is 0 Å². The number of benzene rings is 4. The summed E-state index contributed by atoms with van der Waals surface area (Å²) in [5, 5.41) is 1.21. The van der Waals surface area contributed by atoms with Gasteiger partial charge in [-0.2, -0.15) is 0 Å². The van der Waals surface area contributed by atoms with E-state index in [1.54, 1.807) is 18.2 Å². The third-order valence-corrected chi connectivity index (χ3v) is 7.79. The van der Waals surface area contributed by atoms with Crippen molar-refractivity contribution in [3.05, 3.63) is 129 Å². The molecule has 0 saturated carbocycles. The van der Waals surface area contributed by atoms with E-state index in [1.165, 1.54) is 28.8 Å². The van der Waals surface area contributed by atoms with E-state index < -0.39 is 10.0 Å². The van der Waals surface area contributed by atoms with Crippen molar-refractivity contribution >= 4 is 50.6 Å². The topological polar surface area (TPSA) is 46.2 Å². The molecule has 4 aromatic rings. The second kappa shape index (κ2) is 9.30. The summed E-state index contributed by atoms with van der Waals surface area (Å²) in [4.78, 5) is 0.157. The van der Waals surface area contributed by atoms with Crippen LogP contribution in [0, 0.1) is 0 Å². The van der Waals surface area contributed by atoms with E-state index in [9.17, 15) is 8.42 Å². The minimum Gasteiger partial charge on any atom is -0.280 e. The molecule has 170 valence electrons. The first-order valence-corrected chi connectivity index (χ1v) is 13.1. The van der Waals surface area contributed by atoms with Gasteiger partial charge in [-0.25, -0.2) is 8.42 Å². The fourth-order valence-corrected chi connectivity index (χ4v) is 5.66. The molecule has 4 aromatic carbocycles. The quantitative estimate of drug-likeness (QED) is 0.312. The Labute approximate surface area is 209 Å². The predicted molar refractivity (Wildman–Crippen MR) is 141 cm³/mol. The van der Waals surface area contributed by atoms with Crippen LogP contribution >= 0.6 is 23.2 Å². The molecule has 6 heteroatoms. The Kier molecular flexibility index (Phi) is 6.22. The lowest BCUT2D eigenvalue weighted by Gasteiger charge is -2.13. The summed E-state index contributed by atoms with van der Waals surface area (Å²) in [5.41, 5.74) is 7.27. The third kappa shape index (κ3) is 4.76. The van der Waals surface area contributed by atoms with E-state index in [0.29, 0.717) is 10.7 Å². The minimum absolute atomic E-state index is 0.157. The van der Waals surface area contributed by atoms with Crippen molar-refractivity contribution in [3.63, 3.8) is 0 Å². The van der Waals surface area contributed by atoms with Crippen molar-refractivity contribution in [1.82, 2.24) is 0 Å². The lowest BCUT2D eigenvalue weighted by molar-refractivity contribution is 0.601. The molecule has 0 bridgehead atoms. The van der Waals surface area contributed by atoms with E-state index in [0.717, 1.165) is 34.6 Å². The molecule has 0 unspecified atom stereocenters. The maximum Gasteiger partial charge on any atom is 0.261 e. The number of anilines is 1. The number of rotatable bonds is 4. The highest BCUT2D eigenvalue weighted by molar-refractivity contribution is 7.92. The van der Waals surface area contributed by atoms with Crippen LogP contribution in [0.1, 0.15) is 27.8 Å². The van der Waals surface area contributed by atoms with Crippen molar-refractivity contribution in [3.8, 4) is 0 Å². The Morgan fingerprint density at radius 2 is 1.41 bits per heavy atom. The summed E-state index contributed by atoms with van der Waals surface area (Å²) in [6.07, 6.45) is 3.95. The summed E-state index contributed by atoms with van der Waals surface area (Å²) in [5.74, 6) is 0. The van der Waals surface area contributed by atoms with Crippen LogP contribution in [0.5, 0.6) is 0 Å². The van der Waals surface area contributed by atoms with Gasteiger partial charge in [0.15, 0.2) is 0 Å². The Bertz CT molecular complexity index is 1510. The molecule has 0 radical (unpaired) electrons. The molecule has 0 atom stereocenters. The van der Waals surface area contributed by atoms with Gasteiger partial charge in [0, 0.05) is 15.7 Å². The average Bonchev–Trinajstić information content (AvgIpc) is 2.96. The van der Waals surface area contributed by atoms with E-state index in [-0.39, 0.29) is 4.90 Å². The molecule has 5 rings (SSSR count). The van der Waals surface area contributed by atoms with E-state index >= 15 is 0 Å². The third-order valence-electron chi connectivity index (χ3n) is 5.90. The fourth-order valence-electron chi connectivity index (χ4n) is 4.29. The highest BCUT2D eigenvalue weighted by Crippen LogP contribution is 2.36. The molecule has 1 aliphatic rings. The lowest BCUT2D eigenvalue weighted by atomic mass is 9.92. The minimum atomic E-state index is -3.73. The Morgan fingerprint density at radius 1 is 0.706 bits per heavy atom.